The average Bonchev–Trinajstić information content (AvgIpc) is 2.98. The van der Waals surface area contributed by atoms with Crippen molar-refractivity contribution in [2.45, 2.75) is 6.92 Å². The highest BCUT2D eigenvalue weighted by Crippen LogP contribution is 2.30. The number of carbonyl (C=O) groups excluding carboxylic acids is 1. The molecule has 4 nitrogen and oxygen atoms in total. The van der Waals surface area contributed by atoms with E-state index in [-0.39, 0.29) is 0 Å². The maximum Gasteiger partial charge on any atom is 0.331 e. The molecule has 0 saturated carbocycles. The maximum atomic E-state index is 11.9. The number of carbonyl (C=O) groups is 1. The fourth-order valence-electron chi connectivity index (χ4n) is 2.28. The van der Waals surface area contributed by atoms with E-state index in [4.69, 9.17) is 9.15 Å². The summed E-state index contributed by atoms with van der Waals surface area (Å²) >= 11 is 0. The van der Waals surface area contributed by atoms with E-state index in [1.165, 1.54) is 6.08 Å². The van der Waals surface area contributed by atoms with Crippen LogP contribution >= 0.6 is 0 Å². The lowest BCUT2D eigenvalue weighted by Crippen LogP contribution is -2.02. The fraction of sp³-hybridized carbons (Fsp3) is 0.111. The van der Waals surface area contributed by atoms with Gasteiger partial charge in [-0.25, -0.2) is 4.79 Å². The Balaban J connectivity index is 2.15. The first-order chi connectivity index (χ1) is 10.8. The number of ether oxygens (including phenoxy) is 1. The summed E-state index contributed by atoms with van der Waals surface area (Å²) in [5.74, 6) is 0.200. The second kappa shape index (κ2) is 6.26. The van der Waals surface area contributed by atoms with Gasteiger partial charge in [-0.15, -0.1) is 0 Å². The molecule has 0 radical (unpaired) electrons. The zero-order chi connectivity index (χ0) is 15.4. The van der Waals surface area contributed by atoms with Crippen LogP contribution in [0.15, 0.2) is 65.4 Å². The Morgan fingerprint density at radius 2 is 2.05 bits per heavy atom. The Kier molecular flexibility index (Phi) is 4.01. The lowest BCUT2D eigenvalue weighted by molar-refractivity contribution is -0.137. The van der Waals surface area contributed by atoms with Gasteiger partial charge in [-0.1, -0.05) is 30.3 Å². The van der Waals surface area contributed by atoms with E-state index in [0.717, 1.165) is 10.8 Å². The molecule has 0 aliphatic carbocycles. The molecule has 0 amide bonds. The van der Waals surface area contributed by atoms with E-state index in [2.05, 4.69) is 4.98 Å². The summed E-state index contributed by atoms with van der Waals surface area (Å²) in [6, 6.07) is 13.3. The molecular weight excluding hydrogens is 278 g/mol. The minimum atomic E-state index is -0.413. The topological polar surface area (TPSA) is 52.3 Å². The van der Waals surface area contributed by atoms with Gasteiger partial charge in [-0.2, -0.15) is 0 Å². The number of hydrogen-bond donors (Lipinski definition) is 0. The highest BCUT2D eigenvalue weighted by molar-refractivity contribution is 6.01. The van der Waals surface area contributed by atoms with Gasteiger partial charge < -0.3 is 9.15 Å². The Morgan fingerprint density at radius 3 is 2.82 bits per heavy atom. The van der Waals surface area contributed by atoms with Gasteiger partial charge in [-0.05, 0) is 19.1 Å². The zero-order valence-electron chi connectivity index (χ0n) is 12.2. The number of esters is 1. The lowest BCUT2D eigenvalue weighted by atomic mass is 10.0. The van der Waals surface area contributed by atoms with Gasteiger partial charge in [0.1, 0.15) is 5.76 Å². The SMILES string of the molecule is CCOC(=O)C=C(c1ccccn1)c1occ2ccccc12. The van der Waals surface area contributed by atoms with E-state index >= 15 is 0 Å². The molecule has 110 valence electrons. The number of aromatic nitrogens is 1. The van der Waals surface area contributed by atoms with Crippen LogP contribution in [-0.2, 0) is 9.53 Å². The monoisotopic (exact) mass is 293 g/mol. The summed E-state index contributed by atoms with van der Waals surface area (Å²) in [5.41, 5.74) is 1.27. The zero-order valence-corrected chi connectivity index (χ0v) is 12.2. The van der Waals surface area contributed by atoms with Crippen molar-refractivity contribution in [3.05, 3.63) is 72.5 Å². The van der Waals surface area contributed by atoms with Crippen LogP contribution in [0.25, 0.3) is 16.3 Å². The predicted molar refractivity (Wildman–Crippen MR) is 84.2 cm³/mol. The van der Waals surface area contributed by atoms with Crippen LogP contribution in [0, 0.1) is 0 Å². The van der Waals surface area contributed by atoms with E-state index in [9.17, 15) is 4.79 Å². The molecular formula is C18H15NO3. The van der Waals surface area contributed by atoms with Crippen LogP contribution < -0.4 is 0 Å². The van der Waals surface area contributed by atoms with Crippen LogP contribution in [0.3, 0.4) is 0 Å². The smallest absolute Gasteiger partial charge is 0.331 e. The molecule has 0 aliphatic rings. The first kappa shape index (κ1) is 14.1. The van der Waals surface area contributed by atoms with Crippen molar-refractivity contribution in [1.82, 2.24) is 4.98 Å². The summed E-state index contributed by atoms with van der Waals surface area (Å²) in [7, 11) is 0. The average molecular weight is 293 g/mol. The van der Waals surface area contributed by atoms with Crippen molar-refractivity contribution in [3.63, 3.8) is 0 Å². The van der Waals surface area contributed by atoms with Gasteiger partial charge in [0.25, 0.3) is 0 Å². The Morgan fingerprint density at radius 1 is 1.23 bits per heavy atom. The van der Waals surface area contributed by atoms with Crippen molar-refractivity contribution in [2.24, 2.45) is 0 Å². The predicted octanol–water partition coefficient (Wildman–Crippen LogP) is 3.82. The first-order valence-electron chi connectivity index (χ1n) is 7.06. The molecule has 0 spiro atoms. The largest absolute Gasteiger partial charge is 0.463 e. The van der Waals surface area contributed by atoms with Crippen molar-refractivity contribution < 1.29 is 13.9 Å². The number of hydrogen-bond acceptors (Lipinski definition) is 4. The number of rotatable bonds is 4. The number of nitrogens with zero attached hydrogens (tertiary/aromatic N) is 1. The van der Waals surface area contributed by atoms with E-state index in [1.807, 2.05) is 42.5 Å². The number of benzene rings is 1. The Bertz CT molecular complexity index is 818. The third kappa shape index (κ3) is 2.76. The van der Waals surface area contributed by atoms with Crippen molar-refractivity contribution in [3.8, 4) is 0 Å². The molecule has 0 saturated heterocycles. The minimum Gasteiger partial charge on any atom is -0.463 e. The molecule has 0 unspecified atom stereocenters. The third-order valence-corrected chi connectivity index (χ3v) is 3.24. The van der Waals surface area contributed by atoms with Gasteiger partial charge in [0.05, 0.1) is 24.1 Å². The lowest BCUT2D eigenvalue weighted by Gasteiger charge is -2.05. The van der Waals surface area contributed by atoms with Gasteiger partial charge in [0.15, 0.2) is 0 Å². The Hall–Kier alpha value is -2.88. The molecule has 2 heterocycles. The van der Waals surface area contributed by atoms with Gasteiger partial charge in [-0.3, -0.25) is 4.98 Å². The van der Waals surface area contributed by atoms with E-state index in [1.54, 1.807) is 19.4 Å². The highest BCUT2D eigenvalue weighted by Gasteiger charge is 2.16. The van der Waals surface area contributed by atoms with E-state index < -0.39 is 5.97 Å². The molecule has 0 N–H and O–H groups in total. The van der Waals surface area contributed by atoms with Crippen molar-refractivity contribution in [2.75, 3.05) is 6.61 Å². The van der Waals surface area contributed by atoms with Crippen molar-refractivity contribution in [1.29, 1.82) is 0 Å². The molecule has 3 rings (SSSR count). The molecule has 3 aromatic rings. The van der Waals surface area contributed by atoms with Gasteiger partial charge in [0, 0.05) is 23.0 Å². The number of fused-ring (bicyclic) bond motifs is 1. The summed E-state index contributed by atoms with van der Waals surface area (Å²) in [4.78, 5) is 16.2. The summed E-state index contributed by atoms with van der Waals surface area (Å²) in [5, 5.41) is 1.91. The van der Waals surface area contributed by atoms with Crippen LogP contribution in [0.4, 0.5) is 0 Å². The Labute approximate surface area is 128 Å². The van der Waals surface area contributed by atoms with Crippen LogP contribution in [-0.4, -0.2) is 17.6 Å². The highest BCUT2D eigenvalue weighted by atomic mass is 16.5. The third-order valence-electron chi connectivity index (χ3n) is 3.24. The summed E-state index contributed by atoms with van der Waals surface area (Å²) < 4.78 is 10.7. The number of pyridine rings is 1. The van der Waals surface area contributed by atoms with Gasteiger partial charge in [0.2, 0.25) is 0 Å². The molecule has 2 aromatic heterocycles. The normalized spacial score (nSPS) is 11.6. The summed E-state index contributed by atoms with van der Waals surface area (Å²) in [6.45, 7) is 2.10. The molecule has 0 fully saturated rings. The molecule has 1 aromatic carbocycles. The molecule has 0 aliphatic heterocycles. The first-order valence-corrected chi connectivity index (χ1v) is 7.06. The summed E-state index contributed by atoms with van der Waals surface area (Å²) in [6.07, 6.45) is 4.78. The molecule has 0 bridgehead atoms. The minimum absolute atomic E-state index is 0.323. The molecule has 4 heteroatoms. The van der Waals surface area contributed by atoms with Gasteiger partial charge >= 0.3 is 5.97 Å². The number of furan rings is 1. The fourth-order valence-corrected chi connectivity index (χ4v) is 2.28. The van der Waals surface area contributed by atoms with E-state index in [0.29, 0.717) is 23.6 Å². The second-order valence-electron chi connectivity index (χ2n) is 4.68. The standard InChI is InChI=1S/C18H15NO3/c1-2-21-17(20)11-15(16-9-5-6-10-19-16)18-14-8-4-3-7-13(14)12-22-18/h3-12H,2H2,1H3. The molecule has 0 atom stereocenters. The van der Waals surface area contributed by atoms with Crippen LogP contribution in [0.5, 0.6) is 0 Å². The van der Waals surface area contributed by atoms with Crippen LogP contribution in [0.1, 0.15) is 18.4 Å². The maximum absolute atomic E-state index is 11.9. The quantitative estimate of drug-likeness (QED) is 0.542. The molecule has 22 heavy (non-hydrogen) atoms. The van der Waals surface area contributed by atoms with Crippen LogP contribution in [0.2, 0.25) is 0 Å². The second-order valence-corrected chi connectivity index (χ2v) is 4.68. The van der Waals surface area contributed by atoms with Crippen molar-refractivity contribution >= 4 is 22.3 Å².